The van der Waals surface area contributed by atoms with E-state index in [1.54, 1.807) is 0 Å². The van der Waals surface area contributed by atoms with Crippen molar-refractivity contribution in [2.45, 2.75) is 39.5 Å². The summed E-state index contributed by atoms with van der Waals surface area (Å²) in [5.74, 6) is -0.277. The van der Waals surface area contributed by atoms with Crippen LogP contribution >= 0.6 is 0 Å². The van der Waals surface area contributed by atoms with E-state index in [2.05, 4.69) is 11.6 Å². The first kappa shape index (κ1) is 14.7. The molecule has 1 atom stereocenters. The van der Waals surface area contributed by atoms with Crippen LogP contribution in [0.3, 0.4) is 0 Å². The molecule has 2 radical (unpaired) electrons. The van der Waals surface area contributed by atoms with E-state index in [1.807, 2.05) is 6.92 Å². The Morgan fingerprint density at radius 2 is 2.08 bits per heavy atom. The molecule has 0 aliphatic heterocycles. The molecule has 64 valence electrons. The van der Waals surface area contributed by atoms with E-state index in [0.29, 0.717) is 0 Å². The van der Waals surface area contributed by atoms with Gasteiger partial charge in [-0.15, -0.1) is 0 Å². The van der Waals surface area contributed by atoms with Crippen molar-refractivity contribution in [2.24, 2.45) is 5.92 Å². The quantitative estimate of drug-likeness (QED) is 0.659. The number of rotatable bonds is 5. The van der Waals surface area contributed by atoms with Crippen LogP contribution in [0.2, 0.25) is 0 Å². The van der Waals surface area contributed by atoms with Crippen LogP contribution in [0.25, 0.3) is 0 Å². The number of hydrogen-bond acceptors (Lipinski definition) is 2. The van der Waals surface area contributed by atoms with Gasteiger partial charge < -0.3 is 4.65 Å². The van der Waals surface area contributed by atoms with Crippen LogP contribution in [-0.4, -0.2) is 14.0 Å². The molecule has 0 aromatic rings. The van der Waals surface area contributed by atoms with Gasteiger partial charge >= 0.3 is 8.05 Å². The second-order valence-electron chi connectivity index (χ2n) is 2.68. The monoisotopic (exact) mass is 218 g/mol. The Bertz CT molecular complexity index is 120. The zero-order valence-electron chi connectivity index (χ0n) is 8.01. The molecule has 0 N–H and O–H groups in total. The molecular weight excluding hydrogens is 204 g/mol. The molecule has 0 saturated heterocycles. The van der Waals surface area contributed by atoms with Crippen molar-refractivity contribution in [1.29, 1.82) is 0 Å². The summed E-state index contributed by atoms with van der Waals surface area (Å²) in [5, 5.41) is 0. The maximum absolute atomic E-state index is 10.9. The first-order valence-electron chi connectivity index (χ1n) is 4.16. The van der Waals surface area contributed by atoms with E-state index in [0.717, 1.165) is 25.7 Å². The van der Waals surface area contributed by atoms with Crippen molar-refractivity contribution in [3.8, 4) is 0 Å². The molecule has 0 spiro atoms. The molecular formula is C8H15BO2Zn. The average molecular weight is 219 g/mol. The SMILES string of the molecule is [B]OC(=O)C(CC)CCCC.[Zn]. The predicted octanol–water partition coefficient (Wildman–Crippen LogP) is 1.83. The summed E-state index contributed by atoms with van der Waals surface area (Å²) < 4.78 is 4.16. The molecule has 0 saturated carbocycles. The first-order chi connectivity index (χ1) is 5.26. The van der Waals surface area contributed by atoms with Crippen LogP contribution in [0, 0.1) is 5.92 Å². The minimum Gasteiger partial charge on any atom is -0.543 e. The smallest absolute Gasteiger partial charge is 0.378 e. The molecule has 0 aromatic heterocycles. The van der Waals surface area contributed by atoms with Gasteiger partial charge in [-0.05, 0) is 12.8 Å². The van der Waals surface area contributed by atoms with E-state index in [9.17, 15) is 4.79 Å². The second-order valence-corrected chi connectivity index (χ2v) is 2.68. The zero-order chi connectivity index (χ0) is 8.69. The zero-order valence-corrected chi connectivity index (χ0v) is 11.0. The van der Waals surface area contributed by atoms with E-state index in [-0.39, 0.29) is 31.4 Å². The first-order valence-corrected chi connectivity index (χ1v) is 4.16. The summed E-state index contributed by atoms with van der Waals surface area (Å²) in [6.07, 6.45) is 3.88. The van der Waals surface area contributed by atoms with E-state index in [1.165, 1.54) is 0 Å². The van der Waals surface area contributed by atoms with Crippen LogP contribution in [0.4, 0.5) is 0 Å². The van der Waals surface area contributed by atoms with Gasteiger partial charge in [0.2, 0.25) is 0 Å². The summed E-state index contributed by atoms with van der Waals surface area (Å²) >= 11 is 0. The maximum atomic E-state index is 10.9. The molecule has 1 unspecified atom stereocenters. The molecule has 12 heavy (non-hydrogen) atoms. The summed E-state index contributed by atoms with van der Waals surface area (Å²) in [6, 6.07) is 0. The minimum absolute atomic E-state index is 0. The molecule has 0 aromatic carbocycles. The van der Waals surface area contributed by atoms with Crippen LogP contribution in [0.1, 0.15) is 39.5 Å². The van der Waals surface area contributed by atoms with Crippen molar-refractivity contribution < 1.29 is 28.9 Å². The Morgan fingerprint density at radius 3 is 2.42 bits per heavy atom. The second kappa shape index (κ2) is 9.25. The fourth-order valence-corrected chi connectivity index (χ4v) is 1.04. The van der Waals surface area contributed by atoms with Crippen molar-refractivity contribution >= 4 is 14.0 Å². The third kappa shape index (κ3) is 5.76. The number of carbonyl (C=O) groups is 1. The van der Waals surface area contributed by atoms with Gasteiger partial charge in [-0.1, -0.05) is 26.7 Å². The topological polar surface area (TPSA) is 26.3 Å². The molecule has 4 heteroatoms. The van der Waals surface area contributed by atoms with Crippen LogP contribution < -0.4 is 0 Å². The van der Waals surface area contributed by atoms with Crippen molar-refractivity contribution in [2.75, 3.05) is 0 Å². The van der Waals surface area contributed by atoms with Gasteiger partial charge in [0.1, 0.15) is 0 Å². The largest absolute Gasteiger partial charge is 0.543 e. The summed E-state index contributed by atoms with van der Waals surface area (Å²) in [4.78, 5) is 10.9. The van der Waals surface area contributed by atoms with Gasteiger partial charge in [0.05, 0.1) is 5.92 Å². The van der Waals surface area contributed by atoms with Gasteiger partial charge in [-0.2, -0.15) is 0 Å². The summed E-state index contributed by atoms with van der Waals surface area (Å²) in [6.45, 7) is 4.07. The third-order valence-corrected chi connectivity index (χ3v) is 1.85. The van der Waals surface area contributed by atoms with Crippen molar-refractivity contribution in [3.05, 3.63) is 0 Å². The molecule has 0 rings (SSSR count). The van der Waals surface area contributed by atoms with Gasteiger partial charge in [0, 0.05) is 19.5 Å². The Hall–Kier alpha value is 0.158. The van der Waals surface area contributed by atoms with Crippen LogP contribution in [0.5, 0.6) is 0 Å². The fourth-order valence-electron chi connectivity index (χ4n) is 1.04. The minimum atomic E-state index is -0.277. The van der Waals surface area contributed by atoms with E-state index < -0.39 is 0 Å². The predicted molar refractivity (Wildman–Crippen MR) is 45.2 cm³/mol. The summed E-state index contributed by atoms with van der Waals surface area (Å²) in [5.41, 5.74) is 0. The Labute approximate surface area is 88.6 Å². The van der Waals surface area contributed by atoms with E-state index in [4.69, 9.17) is 8.05 Å². The van der Waals surface area contributed by atoms with Crippen LogP contribution in [0.15, 0.2) is 0 Å². The molecule has 2 nitrogen and oxygen atoms in total. The maximum Gasteiger partial charge on any atom is 0.378 e. The Morgan fingerprint density at radius 1 is 1.50 bits per heavy atom. The molecule has 0 fully saturated rings. The van der Waals surface area contributed by atoms with Crippen LogP contribution in [-0.2, 0) is 28.9 Å². The molecule has 0 bridgehead atoms. The third-order valence-electron chi connectivity index (χ3n) is 1.85. The van der Waals surface area contributed by atoms with Crippen molar-refractivity contribution in [1.82, 2.24) is 0 Å². The number of hydrogen-bond donors (Lipinski definition) is 0. The van der Waals surface area contributed by atoms with Crippen molar-refractivity contribution in [3.63, 3.8) is 0 Å². The summed E-state index contributed by atoms with van der Waals surface area (Å²) in [7, 11) is 4.77. The fraction of sp³-hybridized carbons (Fsp3) is 0.875. The average Bonchev–Trinajstić information content (AvgIpc) is 2.05. The number of carbonyl (C=O) groups excluding carboxylic acids is 1. The number of unbranched alkanes of at least 4 members (excludes halogenated alkanes) is 1. The molecule has 0 aliphatic rings. The molecule has 0 aliphatic carbocycles. The van der Waals surface area contributed by atoms with Gasteiger partial charge in [0.15, 0.2) is 0 Å². The standard InChI is InChI=1S/C8H15BO2.Zn/c1-3-5-6-7(4-2)8(10)11-9;/h7H,3-6H2,1-2H3;. The van der Waals surface area contributed by atoms with Gasteiger partial charge in [-0.3, -0.25) is 4.79 Å². The molecule has 0 heterocycles. The van der Waals surface area contributed by atoms with E-state index >= 15 is 0 Å². The normalized spacial score (nSPS) is 11.5. The van der Waals surface area contributed by atoms with Gasteiger partial charge in [0.25, 0.3) is 5.97 Å². The molecule has 0 amide bonds. The van der Waals surface area contributed by atoms with Gasteiger partial charge in [-0.25, -0.2) is 0 Å². The Kier molecular flexibility index (Phi) is 11.3. The Balaban J connectivity index is 0.